The van der Waals surface area contributed by atoms with E-state index >= 15 is 0 Å². The molecule has 0 radical (unpaired) electrons. The second-order valence-corrected chi connectivity index (χ2v) is 2.88. The molecule has 2 rings (SSSR count). The largest absolute Gasteiger partial charge is 0.258 e. The predicted octanol–water partition coefficient (Wildman–Crippen LogP) is 0.577. The molecule has 0 saturated heterocycles. The molecule has 0 saturated carbocycles. The maximum Gasteiger partial charge on any atom is 0.201 e. The van der Waals surface area contributed by atoms with Gasteiger partial charge in [0.2, 0.25) is 5.84 Å². The van der Waals surface area contributed by atoms with Crippen LogP contribution >= 0.6 is 0 Å². The Hall–Kier alpha value is -1.59. The number of hydrazone groups is 1. The maximum absolute atomic E-state index is 5.16. The van der Waals surface area contributed by atoms with Crippen molar-refractivity contribution in [2.24, 2.45) is 5.10 Å². The maximum atomic E-state index is 5.16. The van der Waals surface area contributed by atoms with Crippen LogP contribution in [-0.2, 0) is 4.84 Å². The second-order valence-electron chi connectivity index (χ2n) is 2.88. The van der Waals surface area contributed by atoms with Crippen LogP contribution in [0.4, 0.5) is 0 Å². The Bertz CT molecular complexity index is 338. The molecule has 0 aromatic heterocycles. The summed E-state index contributed by atoms with van der Waals surface area (Å²) in [6.45, 7) is 0. The number of hydroxylamine groups is 1. The van der Waals surface area contributed by atoms with Gasteiger partial charge in [-0.1, -0.05) is 35.4 Å². The first kappa shape index (κ1) is 8.98. The fourth-order valence-electron chi connectivity index (χ4n) is 1.32. The average molecular weight is 192 g/mol. The summed E-state index contributed by atoms with van der Waals surface area (Å²) in [6, 6.07) is 9.85. The number of hydrazine groups is 2. The van der Waals surface area contributed by atoms with E-state index in [1.807, 2.05) is 37.4 Å². The second kappa shape index (κ2) is 3.65. The van der Waals surface area contributed by atoms with E-state index in [-0.39, 0.29) is 0 Å². The van der Waals surface area contributed by atoms with Crippen LogP contribution in [0.2, 0.25) is 0 Å². The lowest BCUT2D eigenvalue weighted by molar-refractivity contribution is -0.206. The van der Waals surface area contributed by atoms with Gasteiger partial charge < -0.3 is 0 Å². The number of nitrogens with one attached hydrogen (secondary N) is 1. The van der Waals surface area contributed by atoms with Crippen molar-refractivity contribution >= 4 is 5.84 Å². The van der Waals surface area contributed by atoms with Crippen LogP contribution < -0.4 is 5.53 Å². The van der Waals surface area contributed by atoms with Gasteiger partial charge in [0.1, 0.15) is 0 Å². The highest BCUT2D eigenvalue weighted by atomic mass is 16.7. The van der Waals surface area contributed by atoms with Crippen molar-refractivity contribution in [3.8, 4) is 0 Å². The van der Waals surface area contributed by atoms with Crippen molar-refractivity contribution in [3.05, 3.63) is 35.9 Å². The molecular weight excluding hydrogens is 180 g/mol. The zero-order valence-corrected chi connectivity index (χ0v) is 8.14. The molecule has 1 aliphatic rings. The van der Waals surface area contributed by atoms with Crippen LogP contribution in [0.15, 0.2) is 35.4 Å². The lowest BCUT2D eigenvalue weighted by atomic mass is 10.2. The number of hydrogen-bond donors (Lipinski definition) is 1. The summed E-state index contributed by atoms with van der Waals surface area (Å²) in [6.07, 6.45) is 0. The zero-order valence-electron chi connectivity index (χ0n) is 8.14. The van der Waals surface area contributed by atoms with Gasteiger partial charge >= 0.3 is 0 Å². The number of benzene rings is 1. The first-order valence-electron chi connectivity index (χ1n) is 4.29. The van der Waals surface area contributed by atoms with E-state index in [2.05, 4.69) is 10.6 Å². The monoisotopic (exact) mass is 192 g/mol. The Morgan fingerprint density at radius 1 is 1.29 bits per heavy atom. The predicted molar refractivity (Wildman–Crippen MR) is 52.7 cm³/mol. The van der Waals surface area contributed by atoms with Crippen molar-refractivity contribution in [2.45, 2.75) is 0 Å². The first-order valence-corrected chi connectivity index (χ1v) is 4.29. The molecule has 1 aromatic rings. The number of rotatable bonds is 2. The third-order valence-electron chi connectivity index (χ3n) is 1.96. The quantitative estimate of drug-likeness (QED) is 0.744. The molecule has 0 fully saturated rings. The summed E-state index contributed by atoms with van der Waals surface area (Å²) in [5.41, 5.74) is 3.80. The van der Waals surface area contributed by atoms with Gasteiger partial charge in [-0.15, -0.1) is 10.3 Å². The zero-order chi connectivity index (χ0) is 9.97. The van der Waals surface area contributed by atoms with Crippen molar-refractivity contribution in [1.29, 1.82) is 0 Å². The number of nitrogens with zero attached hydrogens (tertiary/aromatic N) is 3. The molecular formula is C9H12N4O. The first-order chi connectivity index (χ1) is 6.83. The SMILES string of the molecule is CON1C(c2ccccc2)=NNN1C. The van der Waals surface area contributed by atoms with E-state index < -0.39 is 0 Å². The Morgan fingerprint density at radius 2 is 2.00 bits per heavy atom. The molecule has 0 aliphatic carbocycles. The van der Waals surface area contributed by atoms with Gasteiger partial charge in [-0.05, 0) is 0 Å². The Morgan fingerprint density at radius 3 is 2.64 bits per heavy atom. The summed E-state index contributed by atoms with van der Waals surface area (Å²) < 4.78 is 0. The standard InChI is InChI=1S/C9H12N4O/c1-12-11-10-9(13(12)14-2)8-6-4-3-5-7-8/h3-7,11H,1-2H3. The van der Waals surface area contributed by atoms with E-state index in [1.165, 1.54) is 0 Å². The molecule has 14 heavy (non-hydrogen) atoms. The van der Waals surface area contributed by atoms with Crippen molar-refractivity contribution in [1.82, 2.24) is 15.8 Å². The van der Waals surface area contributed by atoms with Crippen LogP contribution in [0.3, 0.4) is 0 Å². The summed E-state index contributed by atoms with van der Waals surface area (Å²) in [7, 11) is 3.42. The van der Waals surface area contributed by atoms with Crippen molar-refractivity contribution < 1.29 is 4.84 Å². The Balaban J connectivity index is 2.28. The minimum absolute atomic E-state index is 0.746. The lowest BCUT2D eigenvalue weighted by Crippen LogP contribution is -2.41. The van der Waals surface area contributed by atoms with Gasteiger partial charge in [0.25, 0.3) is 0 Å². The smallest absolute Gasteiger partial charge is 0.201 e. The normalized spacial score (nSPS) is 16.7. The molecule has 0 unspecified atom stereocenters. The topological polar surface area (TPSA) is 40.1 Å². The van der Waals surface area contributed by atoms with Crippen molar-refractivity contribution in [3.63, 3.8) is 0 Å². The van der Waals surface area contributed by atoms with Crippen LogP contribution in [0, 0.1) is 0 Å². The lowest BCUT2D eigenvalue weighted by Gasteiger charge is -2.22. The van der Waals surface area contributed by atoms with Crippen LogP contribution in [0.5, 0.6) is 0 Å². The number of hydrogen-bond acceptors (Lipinski definition) is 5. The van der Waals surface area contributed by atoms with Gasteiger partial charge in [-0.25, -0.2) is 5.53 Å². The molecule has 1 N–H and O–H groups in total. The highest BCUT2D eigenvalue weighted by Crippen LogP contribution is 2.10. The fourth-order valence-corrected chi connectivity index (χ4v) is 1.32. The minimum Gasteiger partial charge on any atom is -0.258 e. The molecule has 0 spiro atoms. The third kappa shape index (κ3) is 1.43. The van der Waals surface area contributed by atoms with E-state index in [0.29, 0.717) is 0 Å². The summed E-state index contributed by atoms with van der Waals surface area (Å²) in [4.78, 5) is 5.16. The molecule has 1 heterocycles. The van der Waals surface area contributed by atoms with Gasteiger partial charge in [0, 0.05) is 12.6 Å². The van der Waals surface area contributed by atoms with E-state index in [4.69, 9.17) is 4.84 Å². The van der Waals surface area contributed by atoms with Gasteiger partial charge in [0.15, 0.2) is 0 Å². The molecule has 0 bridgehead atoms. The molecule has 0 atom stereocenters. The average Bonchev–Trinajstić information content (AvgIpc) is 2.61. The molecule has 74 valence electrons. The van der Waals surface area contributed by atoms with Gasteiger partial charge in [-0.3, -0.25) is 4.84 Å². The van der Waals surface area contributed by atoms with Crippen molar-refractivity contribution in [2.75, 3.05) is 14.2 Å². The summed E-state index contributed by atoms with van der Waals surface area (Å²) in [5.74, 6) is 0.746. The highest BCUT2D eigenvalue weighted by Gasteiger charge is 2.23. The summed E-state index contributed by atoms with van der Waals surface area (Å²) in [5, 5.41) is 7.37. The van der Waals surface area contributed by atoms with Crippen LogP contribution in [0.1, 0.15) is 5.56 Å². The van der Waals surface area contributed by atoms with E-state index in [9.17, 15) is 0 Å². The third-order valence-corrected chi connectivity index (χ3v) is 1.96. The number of amidine groups is 1. The van der Waals surface area contributed by atoms with Gasteiger partial charge in [0.05, 0.1) is 7.11 Å². The molecule has 1 aromatic carbocycles. The minimum atomic E-state index is 0.746. The fraction of sp³-hybridized carbons (Fsp3) is 0.222. The Kier molecular flexibility index (Phi) is 2.34. The molecule has 0 amide bonds. The van der Waals surface area contributed by atoms with Crippen LogP contribution in [-0.4, -0.2) is 30.3 Å². The van der Waals surface area contributed by atoms with Gasteiger partial charge in [-0.2, -0.15) is 0 Å². The van der Waals surface area contributed by atoms with E-state index in [0.717, 1.165) is 11.4 Å². The summed E-state index contributed by atoms with van der Waals surface area (Å²) >= 11 is 0. The molecule has 5 nitrogen and oxygen atoms in total. The van der Waals surface area contributed by atoms with E-state index in [1.54, 1.807) is 17.4 Å². The highest BCUT2D eigenvalue weighted by molar-refractivity contribution is 5.98. The Labute approximate surface area is 82.5 Å². The molecule has 1 aliphatic heterocycles. The molecule has 5 heteroatoms. The van der Waals surface area contributed by atoms with Crippen LogP contribution in [0.25, 0.3) is 0 Å².